The molecule has 1 aromatic carbocycles. The summed E-state index contributed by atoms with van der Waals surface area (Å²) in [6.45, 7) is 2.68. The lowest BCUT2D eigenvalue weighted by Gasteiger charge is -2.43. The van der Waals surface area contributed by atoms with Crippen LogP contribution in [0.5, 0.6) is 0 Å². The Kier molecular flexibility index (Phi) is 4.51. The van der Waals surface area contributed by atoms with Crippen molar-refractivity contribution in [3.63, 3.8) is 0 Å². The highest BCUT2D eigenvalue weighted by Gasteiger charge is 2.38. The summed E-state index contributed by atoms with van der Waals surface area (Å²) < 4.78 is 42.5. The Morgan fingerprint density at radius 2 is 1.90 bits per heavy atom. The number of hydrogen-bond acceptors (Lipinski definition) is 6. The van der Waals surface area contributed by atoms with Crippen LogP contribution in [0, 0.1) is 12.7 Å². The molecule has 30 heavy (non-hydrogen) atoms. The zero-order chi connectivity index (χ0) is 21.0. The first-order valence-electron chi connectivity index (χ1n) is 10.1. The number of hydrogen-bond donors (Lipinski definition) is 0. The molecule has 1 aliphatic heterocycles. The minimum atomic E-state index is -3.70. The minimum Gasteiger partial charge on any atom is -0.352 e. The second-order valence-corrected chi connectivity index (χ2v) is 10.1. The molecule has 5 rings (SSSR count). The molecule has 158 valence electrons. The maximum atomic E-state index is 13.4. The van der Waals surface area contributed by atoms with E-state index in [0.29, 0.717) is 24.6 Å². The summed E-state index contributed by atoms with van der Waals surface area (Å²) >= 11 is 0. The number of fused-ring (bicyclic) bond motifs is 1. The fourth-order valence-electron chi connectivity index (χ4n) is 4.01. The zero-order valence-electron chi connectivity index (χ0n) is 16.9. The molecule has 2 aliphatic rings. The summed E-state index contributed by atoms with van der Waals surface area (Å²) in [5, 5.41) is 13.2. The number of aromatic nitrogens is 4. The van der Waals surface area contributed by atoms with Crippen LogP contribution in [-0.4, -0.2) is 58.7 Å². The van der Waals surface area contributed by atoms with Gasteiger partial charge in [0.25, 0.3) is 0 Å². The lowest BCUT2D eigenvalue weighted by Crippen LogP contribution is -2.60. The third-order valence-corrected chi connectivity index (χ3v) is 8.31. The van der Waals surface area contributed by atoms with Crippen LogP contribution in [0.1, 0.15) is 36.6 Å². The molecule has 0 radical (unpaired) electrons. The molecule has 10 heteroatoms. The number of nitrogens with zero attached hydrogens (tertiary/aromatic N) is 6. The van der Waals surface area contributed by atoms with E-state index in [9.17, 15) is 12.8 Å². The fraction of sp³-hybridized carbons (Fsp3) is 0.450. The number of likely N-dealkylation sites (N-methyl/N-ethyl adjacent to an activating group) is 1. The SMILES string of the molecule is Cc1cc(F)ccc1S(=O)(=O)N(C)C1CN(c2ccc3nnc(C4CCC4)n3n2)C1. The summed E-state index contributed by atoms with van der Waals surface area (Å²) in [4.78, 5) is 2.18. The quantitative estimate of drug-likeness (QED) is 0.618. The van der Waals surface area contributed by atoms with Crippen molar-refractivity contribution in [2.75, 3.05) is 25.0 Å². The van der Waals surface area contributed by atoms with Crippen molar-refractivity contribution < 1.29 is 12.8 Å². The molecule has 1 saturated carbocycles. The molecule has 8 nitrogen and oxygen atoms in total. The van der Waals surface area contributed by atoms with Crippen LogP contribution in [-0.2, 0) is 10.0 Å². The molecule has 0 amide bonds. The molecule has 2 aromatic heterocycles. The largest absolute Gasteiger partial charge is 0.352 e. The number of rotatable bonds is 5. The Morgan fingerprint density at radius 1 is 1.13 bits per heavy atom. The Labute approximate surface area is 174 Å². The van der Waals surface area contributed by atoms with E-state index in [0.717, 1.165) is 30.1 Å². The van der Waals surface area contributed by atoms with Gasteiger partial charge in [0.15, 0.2) is 11.5 Å². The number of aryl methyl sites for hydroxylation is 1. The summed E-state index contributed by atoms with van der Waals surface area (Å²) in [5.74, 6) is 1.66. The van der Waals surface area contributed by atoms with Crippen LogP contribution in [0.2, 0.25) is 0 Å². The van der Waals surface area contributed by atoms with Crippen LogP contribution in [0.15, 0.2) is 35.2 Å². The number of sulfonamides is 1. The fourth-order valence-corrected chi connectivity index (χ4v) is 5.55. The first-order valence-corrected chi connectivity index (χ1v) is 11.5. The van der Waals surface area contributed by atoms with Gasteiger partial charge >= 0.3 is 0 Å². The average molecular weight is 431 g/mol. The average Bonchev–Trinajstić information content (AvgIpc) is 3.01. The highest BCUT2D eigenvalue weighted by molar-refractivity contribution is 7.89. The Balaban J connectivity index is 1.33. The van der Waals surface area contributed by atoms with Crippen molar-refractivity contribution >= 4 is 21.5 Å². The molecule has 2 fully saturated rings. The summed E-state index contributed by atoms with van der Waals surface area (Å²) in [7, 11) is -2.12. The molecule has 0 N–H and O–H groups in total. The topological polar surface area (TPSA) is 83.7 Å². The van der Waals surface area contributed by atoms with E-state index >= 15 is 0 Å². The lowest BCUT2D eigenvalue weighted by atomic mass is 9.85. The maximum Gasteiger partial charge on any atom is 0.243 e. The highest BCUT2D eigenvalue weighted by Crippen LogP contribution is 2.35. The maximum absolute atomic E-state index is 13.4. The van der Waals surface area contributed by atoms with E-state index in [2.05, 4.69) is 10.2 Å². The van der Waals surface area contributed by atoms with Gasteiger partial charge in [-0.3, -0.25) is 0 Å². The van der Waals surface area contributed by atoms with Gasteiger partial charge in [-0.1, -0.05) is 6.42 Å². The Bertz CT molecular complexity index is 1220. The van der Waals surface area contributed by atoms with Crippen LogP contribution in [0.25, 0.3) is 5.65 Å². The van der Waals surface area contributed by atoms with E-state index < -0.39 is 15.8 Å². The second-order valence-electron chi connectivity index (χ2n) is 8.14. The highest BCUT2D eigenvalue weighted by atomic mass is 32.2. The molecule has 1 saturated heterocycles. The second kappa shape index (κ2) is 6.98. The van der Waals surface area contributed by atoms with E-state index in [-0.39, 0.29) is 10.9 Å². The predicted octanol–water partition coefficient (Wildman–Crippen LogP) is 2.35. The normalized spacial score (nSPS) is 18.1. The Hall–Kier alpha value is -2.59. The van der Waals surface area contributed by atoms with Gasteiger partial charge in [-0.15, -0.1) is 15.3 Å². The predicted molar refractivity (Wildman–Crippen MR) is 109 cm³/mol. The van der Waals surface area contributed by atoms with Gasteiger partial charge in [-0.05, 0) is 55.7 Å². The van der Waals surface area contributed by atoms with Crippen LogP contribution < -0.4 is 4.90 Å². The van der Waals surface area contributed by atoms with E-state index in [1.54, 1.807) is 14.0 Å². The van der Waals surface area contributed by atoms with Crippen molar-refractivity contribution in [3.8, 4) is 0 Å². The van der Waals surface area contributed by atoms with Gasteiger partial charge in [0, 0.05) is 26.1 Å². The first-order chi connectivity index (χ1) is 14.3. The lowest BCUT2D eigenvalue weighted by molar-refractivity contribution is 0.308. The van der Waals surface area contributed by atoms with Crippen molar-refractivity contribution in [2.45, 2.75) is 43.0 Å². The first kappa shape index (κ1) is 19.4. The Morgan fingerprint density at radius 3 is 2.57 bits per heavy atom. The number of anilines is 1. The molecule has 1 aliphatic carbocycles. The van der Waals surface area contributed by atoms with Crippen molar-refractivity contribution in [1.29, 1.82) is 0 Å². The van der Waals surface area contributed by atoms with Gasteiger partial charge in [0.05, 0.1) is 10.9 Å². The molecule has 3 heterocycles. The van der Waals surface area contributed by atoms with Crippen LogP contribution in [0.3, 0.4) is 0 Å². The van der Waals surface area contributed by atoms with Gasteiger partial charge in [-0.2, -0.15) is 8.82 Å². The molecule has 0 atom stereocenters. The monoisotopic (exact) mass is 430 g/mol. The van der Waals surface area contributed by atoms with Crippen LogP contribution >= 0.6 is 0 Å². The van der Waals surface area contributed by atoms with E-state index in [1.807, 2.05) is 21.5 Å². The summed E-state index contributed by atoms with van der Waals surface area (Å²) in [6.07, 6.45) is 3.44. The smallest absolute Gasteiger partial charge is 0.243 e. The molecule has 0 unspecified atom stereocenters. The van der Waals surface area contributed by atoms with Crippen molar-refractivity contribution in [2.24, 2.45) is 0 Å². The molecular weight excluding hydrogens is 407 g/mol. The molecule has 0 spiro atoms. The van der Waals surface area contributed by atoms with Gasteiger partial charge in [0.1, 0.15) is 11.6 Å². The summed E-state index contributed by atoms with van der Waals surface area (Å²) in [6, 6.07) is 7.36. The number of benzene rings is 1. The molecular formula is C20H23FN6O2S. The minimum absolute atomic E-state index is 0.138. The molecule has 0 bridgehead atoms. The van der Waals surface area contributed by atoms with Crippen molar-refractivity contribution in [1.82, 2.24) is 24.1 Å². The van der Waals surface area contributed by atoms with Gasteiger partial charge in [-0.25, -0.2) is 12.8 Å². The number of halogens is 1. The zero-order valence-corrected chi connectivity index (χ0v) is 17.7. The van der Waals surface area contributed by atoms with Crippen molar-refractivity contribution in [3.05, 3.63) is 47.5 Å². The van der Waals surface area contributed by atoms with E-state index in [1.165, 1.54) is 28.9 Å². The van der Waals surface area contributed by atoms with E-state index in [4.69, 9.17) is 5.10 Å². The third kappa shape index (κ3) is 3.05. The van der Waals surface area contributed by atoms with Gasteiger partial charge < -0.3 is 4.90 Å². The summed E-state index contributed by atoms with van der Waals surface area (Å²) in [5.41, 5.74) is 1.13. The molecule has 3 aromatic rings. The third-order valence-electron chi connectivity index (χ3n) is 6.24. The standard InChI is InChI=1S/C20H23FN6O2S/c1-13-10-15(21)6-7-17(13)30(28,29)25(2)16-11-26(12-16)19-9-8-18-22-23-20(27(18)24-19)14-4-3-5-14/h6-10,14,16H,3-5,11-12H2,1-2H3. The van der Waals surface area contributed by atoms with Gasteiger partial charge in [0.2, 0.25) is 10.0 Å². The van der Waals surface area contributed by atoms with Crippen LogP contribution in [0.4, 0.5) is 10.2 Å².